The molecule has 0 aliphatic rings. The maximum Gasteiger partial charge on any atom is 0.407 e. The number of nitrogens with zero attached hydrogens (tertiary/aromatic N) is 1. The van der Waals surface area contributed by atoms with Crippen LogP contribution < -0.4 is 10.6 Å². The molecule has 0 bridgehead atoms. The third kappa shape index (κ3) is 24.7. The lowest BCUT2D eigenvalue weighted by atomic mass is 10.4. The number of alkyl carbamates (subject to hydrolysis) is 1. The van der Waals surface area contributed by atoms with Crippen LogP contribution in [-0.4, -0.2) is 127 Å². The summed E-state index contributed by atoms with van der Waals surface area (Å²) in [6, 6.07) is 0. The van der Waals surface area contributed by atoms with Gasteiger partial charge >= 0.3 is 18.0 Å². The Balaban J connectivity index is 3.66. The van der Waals surface area contributed by atoms with Crippen LogP contribution in [0.5, 0.6) is 0 Å². The number of esters is 2. The molecule has 0 radical (unpaired) electrons. The quantitative estimate of drug-likeness (QED) is 0.0959. The highest BCUT2D eigenvalue weighted by atomic mass is 16.6. The second kappa shape index (κ2) is 23.6. The van der Waals surface area contributed by atoms with Gasteiger partial charge in [0.15, 0.2) is 0 Å². The molecule has 0 aromatic heterocycles. The van der Waals surface area contributed by atoms with Gasteiger partial charge in [0.25, 0.3) is 0 Å². The van der Waals surface area contributed by atoms with Gasteiger partial charge in [-0.2, -0.15) is 0 Å². The van der Waals surface area contributed by atoms with Crippen molar-refractivity contribution in [3.8, 4) is 0 Å². The smallest absolute Gasteiger partial charge is 0.407 e. The molecule has 2 amide bonds. The molecule has 14 heteroatoms. The predicted molar refractivity (Wildman–Crippen MR) is 130 cm³/mol. The van der Waals surface area contributed by atoms with Gasteiger partial charge in [0, 0.05) is 33.1 Å². The van der Waals surface area contributed by atoms with Gasteiger partial charge in [0.1, 0.15) is 32.2 Å². The Bertz CT molecular complexity index is 676. The van der Waals surface area contributed by atoms with Gasteiger partial charge in [-0.1, -0.05) is 6.92 Å². The van der Waals surface area contributed by atoms with Crippen molar-refractivity contribution in [1.29, 1.82) is 0 Å². The molecule has 214 valence electrons. The molecule has 0 aromatic rings. The number of hydrogen-bond acceptors (Lipinski definition) is 12. The van der Waals surface area contributed by atoms with E-state index in [0.29, 0.717) is 39.5 Å². The van der Waals surface area contributed by atoms with E-state index in [1.165, 1.54) is 13.8 Å². The number of ketones is 1. The fourth-order valence-corrected chi connectivity index (χ4v) is 2.57. The lowest BCUT2D eigenvalue weighted by molar-refractivity contribution is -0.150. The molecule has 0 aliphatic carbocycles. The van der Waals surface area contributed by atoms with Gasteiger partial charge < -0.3 is 39.1 Å². The van der Waals surface area contributed by atoms with Gasteiger partial charge in [-0.05, 0) is 13.3 Å². The monoisotopic (exact) mass is 535 g/mol. The Kier molecular flexibility index (Phi) is 21.8. The van der Waals surface area contributed by atoms with Crippen molar-refractivity contribution >= 4 is 29.7 Å². The molecule has 0 unspecified atom stereocenters. The van der Waals surface area contributed by atoms with Crippen molar-refractivity contribution in [2.24, 2.45) is 0 Å². The van der Waals surface area contributed by atoms with Gasteiger partial charge in [0.05, 0.1) is 39.6 Å². The van der Waals surface area contributed by atoms with E-state index in [1.807, 2.05) is 6.92 Å². The Morgan fingerprint density at radius 1 is 0.676 bits per heavy atom. The number of ether oxygens (including phenoxy) is 6. The summed E-state index contributed by atoms with van der Waals surface area (Å²) in [6.07, 6.45) is 0.288. The first-order valence-electron chi connectivity index (χ1n) is 12.2. The number of carbonyl (C=O) groups excluding carboxylic acids is 5. The largest absolute Gasteiger partial charge is 0.465 e. The molecule has 0 atom stereocenters. The van der Waals surface area contributed by atoms with Crippen LogP contribution in [-0.2, 0) is 47.6 Å². The number of Topliss-reactive ketones (excluding diaryl/α,β-unsaturated/α-hetero) is 1. The lowest BCUT2D eigenvalue weighted by Crippen LogP contribution is -2.36. The van der Waals surface area contributed by atoms with E-state index >= 15 is 0 Å². The third-order valence-electron chi connectivity index (χ3n) is 4.18. The van der Waals surface area contributed by atoms with Crippen LogP contribution in [0.25, 0.3) is 0 Å². The Morgan fingerprint density at radius 2 is 1.30 bits per heavy atom. The van der Waals surface area contributed by atoms with Crippen molar-refractivity contribution in [1.82, 2.24) is 15.5 Å². The molecule has 37 heavy (non-hydrogen) atoms. The highest BCUT2D eigenvalue weighted by molar-refractivity contribution is 5.78. The van der Waals surface area contributed by atoms with E-state index in [-0.39, 0.29) is 51.8 Å². The van der Waals surface area contributed by atoms with Crippen molar-refractivity contribution in [2.75, 3.05) is 92.2 Å². The zero-order valence-corrected chi connectivity index (χ0v) is 22.0. The first-order chi connectivity index (χ1) is 17.7. The van der Waals surface area contributed by atoms with Crippen LogP contribution in [0.3, 0.4) is 0 Å². The van der Waals surface area contributed by atoms with Gasteiger partial charge in [-0.25, -0.2) is 9.59 Å². The molecular weight excluding hydrogens is 494 g/mol. The number of hydrogen-bond donors (Lipinski definition) is 2. The minimum absolute atomic E-state index is 0.0187. The molecule has 14 nitrogen and oxygen atoms in total. The number of carbonyl (C=O) groups is 5. The summed E-state index contributed by atoms with van der Waals surface area (Å²) in [5, 5.41) is 5.14. The molecular formula is C23H41N3O11. The van der Waals surface area contributed by atoms with Crippen molar-refractivity contribution in [3.63, 3.8) is 0 Å². The number of rotatable bonds is 23. The van der Waals surface area contributed by atoms with E-state index in [1.54, 1.807) is 4.90 Å². The first-order valence-corrected chi connectivity index (χ1v) is 12.2. The lowest BCUT2D eigenvalue weighted by Gasteiger charge is -2.20. The van der Waals surface area contributed by atoms with Crippen LogP contribution in [0.2, 0.25) is 0 Å². The molecule has 0 fully saturated rings. The van der Waals surface area contributed by atoms with Crippen LogP contribution in [0.15, 0.2) is 0 Å². The molecule has 0 aromatic carbocycles. The second-order valence-corrected chi connectivity index (χ2v) is 7.67. The summed E-state index contributed by atoms with van der Waals surface area (Å²) in [4.78, 5) is 58.5. The van der Waals surface area contributed by atoms with Crippen LogP contribution >= 0.6 is 0 Å². The summed E-state index contributed by atoms with van der Waals surface area (Å²) >= 11 is 0. The van der Waals surface area contributed by atoms with Crippen molar-refractivity contribution in [2.45, 2.75) is 27.2 Å². The van der Waals surface area contributed by atoms with E-state index in [0.717, 1.165) is 6.42 Å². The van der Waals surface area contributed by atoms with Gasteiger partial charge in [0.2, 0.25) is 5.91 Å². The van der Waals surface area contributed by atoms with Crippen LogP contribution in [0, 0.1) is 0 Å². The average Bonchev–Trinajstić information content (AvgIpc) is 2.83. The highest BCUT2D eigenvalue weighted by Crippen LogP contribution is 1.93. The van der Waals surface area contributed by atoms with Crippen molar-refractivity contribution in [3.05, 3.63) is 0 Å². The number of amides is 2. The van der Waals surface area contributed by atoms with Crippen LogP contribution in [0.1, 0.15) is 27.2 Å². The fraction of sp³-hybridized carbons (Fsp3) is 0.783. The fourth-order valence-electron chi connectivity index (χ4n) is 2.57. The summed E-state index contributed by atoms with van der Waals surface area (Å²) in [5.41, 5.74) is 0. The molecule has 0 saturated heterocycles. The number of nitrogens with one attached hydrogen (secondary N) is 2. The molecule has 0 aliphatic heterocycles. The summed E-state index contributed by atoms with van der Waals surface area (Å²) in [5.74, 6) is -1.54. The third-order valence-corrected chi connectivity index (χ3v) is 4.18. The first kappa shape index (κ1) is 34.2. The predicted octanol–water partition coefficient (Wildman–Crippen LogP) is -0.714. The van der Waals surface area contributed by atoms with E-state index < -0.39 is 30.5 Å². The summed E-state index contributed by atoms with van der Waals surface area (Å²) in [7, 11) is 0. The van der Waals surface area contributed by atoms with Gasteiger partial charge in [-0.15, -0.1) is 0 Å². The maximum absolute atomic E-state index is 11.7. The second-order valence-electron chi connectivity index (χ2n) is 7.67. The minimum Gasteiger partial charge on any atom is -0.465 e. The standard InChI is InChI=1S/C23H41N3O11/c1-4-9-37-23(31)25-6-11-33-15-14-32-10-5-24-21(29)17-34-18-22(30)36-13-8-26(16-19(2)27)7-12-35-20(3)28/h4-18H2,1-3H3,(H,24,29)(H,25,31). The average molecular weight is 536 g/mol. The topological polar surface area (TPSA) is 168 Å². The Hall–Kier alpha value is -2.81. The van der Waals surface area contributed by atoms with Crippen molar-refractivity contribution < 1.29 is 52.4 Å². The summed E-state index contributed by atoms with van der Waals surface area (Å²) in [6.45, 7) is 7.05. The Morgan fingerprint density at radius 3 is 1.89 bits per heavy atom. The highest BCUT2D eigenvalue weighted by Gasteiger charge is 2.11. The SMILES string of the molecule is CCCOC(=O)NCCOCCOCCNC(=O)COCC(=O)OCCN(CCOC(C)=O)CC(C)=O. The summed E-state index contributed by atoms with van der Waals surface area (Å²) < 4.78 is 30.4. The van der Waals surface area contributed by atoms with Gasteiger partial charge in [-0.3, -0.25) is 19.3 Å². The minimum atomic E-state index is -0.646. The molecule has 0 saturated carbocycles. The van der Waals surface area contributed by atoms with E-state index in [4.69, 9.17) is 28.4 Å². The molecule has 0 heterocycles. The maximum atomic E-state index is 11.7. The molecule has 0 rings (SSSR count). The van der Waals surface area contributed by atoms with E-state index in [9.17, 15) is 24.0 Å². The normalized spacial score (nSPS) is 10.6. The molecule has 2 N–H and O–H groups in total. The Labute approximate surface area is 217 Å². The zero-order valence-electron chi connectivity index (χ0n) is 22.0. The van der Waals surface area contributed by atoms with Crippen LogP contribution in [0.4, 0.5) is 4.79 Å². The van der Waals surface area contributed by atoms with E-state index in [2.05, 4.69) is 10.6 Å². The zero-order chi connectivity index (χ0) is 27.7. The molecule has 0 spiro atoms.